The molecule has 0 aliphatic rings. The predicted molar refractivity (Wildman–Crippen MR) is 69.8 cm³/mol. The Hall–Kier alpha value is -0.430. The van der Waals surface area contributed by atoms with Crippen molar-refractivity contribution in [1.29, 1.82) is 0 Å². The standard InChI is InChI=1S/C9H20O9P2/c1-7-17-8(10)18-9(2,19(11,13-3)14-4)20(12,15-5)16-6/h7H2,1-6H3. The number of carbonyl (C=O) groups excluding carboxylic acids is 1. The highest BCUT2D eigenvalue weighted by molar-refractivity contribution is 7.73. The smallest absolute Gasteiger partial charge is 0.435 e. The molecule has 0 aromatic rings. The maximum absolute atomic E-state index is 12.6. The largest absolute Gasteiger partial charge is 0.510 e. The lowest BCUT2D eigenvalue weighted by Crippen LogP contribution is -2.34. The Morgan fingerprint density at radius 1 is 0.950 bits per heavy atom. The molecule has 0 bridgehead atoms. The first-order chi connectivity index (χ1) is 9.20. The molecular weight excluding hydrogens is 314 g/mol. The Balaban J connectivity index is 5.87. The van der Waals surface area contributed by atoms with Crippen LogP contribution in [0.3, 0.4) is 0 Å². The fraction of sp³-hybridized carbons (Fsp3) is 0.889. The van der Waals surface area contributed by atoms with E-state index in [2.05, 4.69) is 4.74 Å². The van der Waals surface area contributed by atoms with Gasteiger partial charge in [0.1, 0.15) is 0 Å². The molecule has 0 saturated carbocycles. The van der Waals surface area contributed by atoms with Gasteiger partial charge >= 0.3 is 26.4 Å². The Morgan fingerprint density at radius 3 is 1.55 bits per heavy atom. The quantitative estimate of drug-likeness (QED) is 0.489. The molecule has 0 saturated heterocycles. The number of rotatable bonds is 8. The monoisotopic (exact) mass is 334 g/mol. The molecule has 0 aromatic heterocycles. The molecule has 0 aliphatic carbocycles. The molecule has 0 amide bonds. The summed E-state index contributed by atoms with van der Waals surface area (Å²) < 4.78 is 53.6. The Kier molecular flexibility index (Phi) is 7.38. The molecule has 0 aliphatic heterocycles. The summed E-state index contributed by atoms with van der Waals surface area (Å²) in [6.45, 7) is 2.60. The van der Waals surface area contributed by atoms with Crippen LogP contribution in [0, 0.1) is 0 Å². The number of hydrogen-bond donors (Lipinski definition) is 0. The van der Waals surface area contributed by atoms with Crippen molar-refractivity contribution in [3.63, 3.8) is 0 Å². The molecule has 0 unspecified atom stereocenters. The average Bonchev–Trinajstić information content (AvgIpc) is 2.45. The van der Waals surface area contributed by atoms with Crippen molar-refractivity contribution in [1.82, 2.24) is 0 Å². The number of hydrogen-bond acceptors (Lipinski definition) is 9. The zero-order chi connectivity index (χ0) is 16.0. The lowest BCUT2D eigenvalue weighted by Gasteiger charge is -2.36. The van der Waals surface area contributed by atoms with E-state index in [-0.39, 0.29) is 6.61 Å². The second-order valence-electron chi connectivity index (χ2n) is 3.44. The van der Waals surface area contributed by atoms with Gasteiger partial charge in [-0.25, -0.2) is 4.79 Å². The van der Waals surface area contributed by atoms with E-state index in [1.54, 1.807) is 0 Å². The molecule has 9 nitrogen and oxygen atoms in total. The third kappa shape index (κ3) is 3.42. The van der Waals surface area contributed by atoms with Gasteiger partial charge in [-0.05, 0) is 13.8 Å². The molecule has 0 spiro atoms. The van der Waals surface area contributed by atoms with Crippen LogP contribution in [0.1, 0.15) is 13.8 Å². The number of ether oxygens (including phenoxy) is 2. The van der Waals surface area contributed by atoms with Gasteiger partial charge in [0.15, 0.2) is 0 Å². The lowest BCUT2D eigenvalue weighted by atomic mass is 10.8. The minimum Gasteiger partial charge on any atom is -0.435 e. The zero-order valence-electron chi connectivity index (χ0n) is 12.3. The predicted octanol–water partition coefficient (Wildman–Crippen LogP) is 2.81. The fourth-order valence-electron chi connectivity index (χ4n) is 1.39. The molecule has 11 heteroatoms. The molecule has 0 fully saturated rings. The van der Waals surface area contributed by atoms with Crippen molar-refractivity contribution < 1.29 is 41.5 Å². The summed E-state index contributed by atoms with van der Waals surface area (Å²) in [5, 5.41) is -2.32. The minimum absolute atomic E-state index is 0.00342. The maximum Gasteiger partial charge on any atom is 0.510 e. The van der Waals surface area contributed by atoms with Gasteiger partial charge in [-0.15, -0.1) is 0 Å². The second kappa shape index (κ2) is 7.54. The van der Waals surface area contributed by atoms with E-state index in [0.29, 0.717) is 0 Å². The summed E-state index contributed by atoms with van der Waals surface area (Å²) in [5.74, 6) is 0. The van der Waals surface area contributed by atoms with Gasteiger partial charge in [0.25, 0.3) is 0 Å². The van der Waals surface area contributed by atoms with Gasteiger partial charge in [-0.2, -0.15) is 0 Å². The van der Waals surface area contributed by atoms with Gasteiger partial charge in [0, 0.05) is 28.4 Å². The van der Waals surface area contributed by atoms with Crippen LogP contribution in [0.25, 0.3) is 0 Å². The highest BCUT2D eigenvalue weighted by Crippen LogP contribution is 2.77. The third-order valence-corrected chi connectivity index (χ3v) is 8.12. The topological polar surface area (TPSA) is 107 Å². The first-order valence-electron chi connectivity index (χ1n) is 5.49. The summed E-state index contributed by atoms with van der Waals surface area (Å²) >= 11 is 0. The summed E-state index contributed by atoms with van der Waals surface area (Å²) in [6, 6.07) is 0. The van der Waals surface area contributed by atoms with Gasteiger partial charge < -0.3 is 27.6 Å². The van der Waals surface area contributed by atoms with Crippen LogP contribution in [0.15, 0.2) is 0 Å². The number of carbonyl (C=O) groups is 1. The van der Waals surface area contributed by atoms with Gasteiger partial charge in [0.2, 0.25) is 0 Å². The van der Waals surface area contributed by atoms with Crippen LogP contribution in [0.4, 0.5) is 4.79 Å². The SMILES string of the molecule is CCOC(=O)OC(C)(P(=O)(OC)OC)P(=O)(OC)OC. The highest BCUT2D eigenvalue weighted by Gasteiger charge is 2.65. The van der Waals surface area contributed by atoms with Crippen molar-refractivity contribution in [2.45, 2.75) is 18.9 Å². The van der Waals surface area contributed by atoms with Crippen molar-refractivity contribution >= 4 is 21.3 Å². The summed E-state index contributed by atoms with van der Waals surface area (Å²) in [5.41, 5.74) is 0. The van der Waals surface area contributed by atoms with E-state index in [1.807, 2.05) is 0 Å². The van der Waals surface area contributed by atoms with Crippen LogP contribution in [-0.2, 0) is 36.7 Å². The summed E-state index contributed by atoms with van der Waals surface area (Å²) in [6.07, 6.45) is -1.21. The van der Waals surface area contributed by atoms with Gasteiger partial charge in [0.05, 0.1) is 6.61 Å². The molecule has 0 atom stereocenters. The van der Waals surface area contributed by atoms with E-state index >= 15 is 0 Å². The molecule has 0 N–H and O–H groups in total. The summed E-state index contributed by atoms with van der Waals surface area (Å²) in [4.78, 5) is 11.5. The molecule has 0 radical (unpaired) electrons. The van der Waals surface area contributed by atoms with Crippen LogP contribution in [-0.4, -0.2) is 46.3 Å². The molecule has 0 heterocycles. The first-order valence-corrected chi connectivity index (χ1v) is 8.57. The molecular formula is C9H20O9P2. The Labute approximate surface area is 117 Å². The normalized spacial score (nSPS) is 13.1. The Morgan fingerprint density at radius 2 is 1.30 bits per heavy atom. The van der Waals surface area contributed by atoms with Crippen molar-refractivity contribution in [2.75, 3.05) is 35.0 Å². The van der Waals surface area contributed by atoms with Gasteiger partial charge in [-0.1, -0.05) is 0 Å². The second-order valence-corrected chi connectivity index (χ2v) is 8.95. The van der Waals surface area contributed by atoms with Crippen LogP contribution >= 0.6 is 15.2 Å². The fourth-order valence-corrected chi connectivity index (χ4v) is 5.60. The van der Waals surface area contributed by atoms with E-state index in [9.17, 15) is 13.9 Å². The first kappa shape index (κ1) is 19.6. The Bertz CT molecular complexity index is 380. The molecule has 0 rings (SSSR count). The summed E-state index contributed by atoms with van der Waals surface area (Å²) in [7, 11) is -4.15. The van der Waals surface area contributed by atoms with Gasteiger partial charge in [-0.3, -0.25) is 9.13 Å². The average molecular weight is 334 g/mol. The third-order valence-electron chi connectivity index (χ3n) is 2.52. The van der Waals surface area contributed by atoms with E-state index in [4.69, 9.17) is 22.8 Å². The van der Waals surface area contributed by atoms with E-state index in [0.717, 1.165) is 35.4 Å². The lowest BCUT2D eigenvalue weighted by molar-refractivity contribution is 0.0184. The molecule has 20 heavy (non-hydrogen) atoms. The van der Waals surface area contributed by atoms with Crippen LogP contribution in [0.2, 0.25) is 0 Å². The minimum atomic E-state index is -4.17. The van der Waals surface area contributed by atoms with Crippen molar-refractivity contribution in [2.24, 2.45) is 0 Å². The van der Waals surface area contributed by atoms with Crippen LogP contribution in [0.5, 0.6) is 0 Å². The van der Waals surface area contributed by atoms with E-state index < -0.39 is 26.4 Å². The molecule has 0 aromatic carbocycles. The zero-order valence-corrected chi connectivity index (χ0v) is 14.1. The van der Waals surface area contributed by atoms with Crippen LogP contribution < -0.4 is 0 Å². The van der Waals surface area contributed by atoms with E-state index in [1.165, 1.54) is 6.92 Å². The maximum atomic E-state index is 12.6. The highest BCUT2D eigenvalue weighted by atomic mass is 31.2. The van der Waals surface area contributed by atoms with Crippen molar-refractivity contribution in [3.8, 4) is 0 Å². The van der Waals surface area contributed by atoms with Crippen molar-refractivity contribution in [3.05, 3.63) is 0 Å². The molecule has 120 valence electrons.